The van der Waals surface area contributed by atoms with E-state index in [1.54, 1.807) is 12.1 Å². The average Bonchev–Trinajstić information content (AvgIpc) is 3.01. The monoisotopic (exact) mass is 459 g/mol. The molecular formula is C23H23Cl2N3OS. The van der Waals surface area contributed by atoms with Gasteiger partial charge >= 0.3 is 0 Å². The maximum atomic E-state index is 12.5. The van der Waals surface area contributed by atoms with E-state index in [0.717, 1.165) is 23.4 Å². The smallest absolute Gasteiger partial charge is 0.264 e. The lowest BCUT2D eigenvalue weighted by Crippen LogP contribution is -2.45. The predicted octanol–water partition coefficient (Wildman–Crippen LogP) is 6.61. The SMILES string of the molecule is C[C@H]1CC(C)(C)N(C)c2cc(Cl)c(/C=C3\SC(=Nc4ccc(Cl)cc4)NC3=O)cc21. The van der Waals surface area contributed by atoms with Crippen molar-refractivity contribution in [2.24, 2.45) is 4.99 Å². The molecule has 4 nitrogen and oxygen atoms in total. The molecule has 1 saturated heterocycles. The number of carbonyl (C=O) groups excluding carboxylic acids is 1. The molecule has 0 aromatic heterocycles. The van der Waals surface area contributed by atoms with Crippen LogP contribution < -0.4 is 10.2 Å². The minimum atomic E-state index is -0.173. The molecule has 2 aromatic rings. The van der Waals surface area contributed by atoms with Crippen molar-refractivity contribution in [1.82, 2.24) is 5.32 Å². The van der Waals surface area contributed by atoms with Crippen molar-refractivity contribution < 1.29 is 4.79 Å². The van der Waals surface area contributed by atoms with Gasteiger partial charge in [-0.15, -0.1) is 0 Å². The standard InChI is InChI=1S/C23H23Cl2N3OS/c1-13-12-23(2,3)28(4)19-11-18(25)14(9-17(13)19)10-20-21(29)27-22(30-20)26-16-7-5-15(24)6-8-16/h5-11,13H,12H2,1-4H3,(H,26,27,29)/b20-10-/t13-/m0/s1. The Morgan fingerprint density at radius 3 is 2.63 bits per heavy atom. The molecule has 4 rings (SSSR count). The van der Waals surface area contributed by atoms with Gasteiger partial charge in [-0.2, -0.15) is 0 Å². The fourth-order valence-electron chi connectivity index (χ4n) is 3.97. The first-order valence-corrected chi connectivity index (χ1v) is 11.3. The van der Waals surface area contributed by atoms with Gasteiger partial charge in [-0.05, 0) is 91.5 Å². The van der Waals surface area contributed by atoms with E-state index in [1.165, 1.54) is 17.3 Å². The Morgan fingerprint density at radius 2 is 1.93 bits per heavy atom. The number of halogens is 2. The summed E-state index contributed by atoms with van der Waals surface area (Å²) >= 11 is 13.8. The molecular weight excluding hydrogens is 437 g/mol. The molecule has 0 bridgehead atoms. The van der Waals surface area contributed by atoms with Crippen LogP contribution in [0.4, 0.5) is 11.4 Å². The first kappa shape index (κ1) is 21.3. The van der Waals surface area contributed by atoms with Gasteiger partial charge in [0.2, 0.25) is 0 Å². The maximum absolute atomic E-state index is 12.5. The molecule has 2 aliphatic heterocycles. The van der Waals surface area contributed by atoms with E-state index in [4.69, 9.17) is 23.2 Å². The molecule has 1 amide bonds. The van der Waals surface area contributed by atoms with Crippen LogP contribution in [0.3, 0.4) is 0 Å². The van der Waals surface area contributed by atoms with Crippen LogP contribution in [-0.2, 0) is 4.79 Å². The molecule has 0 unspecified atom stereocenters. The van der Waals surface area contributed by atoms with E-state index in [-0.39, 0.29) is 11.4 Å². The molecule has 0 radical (unpaired) electrons. The summed E-state index contributed by atoms with van der Waals surface area (Å²) in [6.07, 6.45) is 2.90. The molecule has 2 aliphatic rings. The third-order valence-electron chi connectivity index (χ3n) is 5.75. The van der Waals surface area contributed by atoms with Crippen LogP contribution in [0.2, 0.25) is 10.0 Å². The van der Waals surface area contributed by atoms with Crippen molar-refractivity contribution in [3.05, 3.63) is 62.5 Å². The van der Waals surface area contributed by atoms with Gasteiger partial charge in [0.15, 0.2) is 5.17 Å². The zero-order valence-electron chi connectivity index (χ0n) is 17.3. The number of amides is 1. The number of carbonyl (C=O) groups is 1. The van der Waals surface area contributed by atoms with Gasteiger partial charge in [0, 0.05) is 28.3 Å². The Kier molecular flexibility index (Phi) is 5.64. The lowest BCUT2D eigenvalue weighted by Gasteiger charge is -2.45. The van der Waals surface area contributed by atoms with E-state index >= 15 is 0 Å². The molecule has 0 aliphatic carbocycles. The molecule has 2 heterocycles. The number of nitrogens with zero attached hydrogens (tertiary/aromatic N) is 2. The van der Waals surface area contributed by atoms with Crippen LogP contribution in [0.5, 0.6) is 0 Å². The summed E-state index contributed by atoms with van der Waals surface area (Å²) < 4.78 is 0. The Morgan fingerprint density at radius 1 is 1.23 bits per heavy atom. The zero-order valence-corrected chi connectivity index (χ0v) is 19.6. The molecule has 30 heavy (non-hydrogen) atoms. The third kappa shape index (κ3) is 4.11. The number of hydrogen-bond donors (Lipinski definition) is 1. The Balaban J connectivity index is 1.64. The van der Waals surface area contributed by atoms with Crippen molar-refractivity contribution in [2.45, 2.75) is 38.6 Å². The average molecular weight is 460 g/mol. The largest absolute Gasteiger partial charge is 0.369 e. The van der Waals surface area contributed by atoms with Crippen LogP contribution in [0, 0.1) is 0 Å². The second-order valence-electron chi connectivity index (χ2n) is 8.37. The number of amidine groups is 1. The summed E-state index contributed by atoms with van der Waals surface area (Å²) in [6, 6.07) is 11.3. The molecule has 1 N–H and O–H groups in total. The van der Waals surface area contributed by atoms with Crippen LogP contribution >= 0.6 is 35.0 Å². The van der Waals surface area contributed by atoms with Gasteiger partial charge in [0.05, 0.1) is 10.6 Å². The number of benzene rings is 2. The van der Waals surface area contributed by atoms with Gasteiger partial charge in [0.25, 0.3) is 5.91 Å². The van der Waals surface area contributed by atoms with Crippen LogP contribution in [0.1, 0.15) is 44.2 Å². The number of rotatable bonds is 2. The number of thioether (sulfide) groups is 1. The normalized spacial score (nSPS) is 23.1. The third-order valence-corrected chi connectivity index (χ3v) is 7.24. The summed E-state index contributed by atoms with van der Waals surface area (Å²) in [5.41, 5.74) is 4.06. The summed E-state index contributed by atoms with van der Waals surface area (Å²) in [7, 11) is 2.11. The first-order valence-electron chi connectivity index (χ1n) is 9.76. The van der Waals surface area contributed by atoms with Gasteiger partial charge in [-0.1, -0.05) is 30.1 Å². The molecule has 7 heteroatoms. The second kappa shape index (κ2) is 7.95. The van der Waals surface area contributed by atoms with E-state index < -0.39 is 0 Å². The summed E-state index contributed by atoms with van der Waals surface area (Å²) in [5, 5.41) is 4.64. The topological polar surface area (TPSA) is 44.7 Å². The zero-order chi connectivity index (χ0) is 21.6. The van der Waals surface area contributed by atoms with Gasteiger partial charge in [-0.3, -0.25) is 4.79 Å². The van der Waals surface area contributed by atoms with Crippen LogP contribution in [0.25, 0.3) is 6.08 Å². The van der Waals surface area contributed by atoms with Crippen LogP contribution in [-0.4, -0.2) is 23.7 Å². The number of fused-ring (bicyclic) bond motifs is 1. The summed E-state index contributed by atoms with van der Waals surface area (Å²) in [4.78, 5) is 19.8. The minimum absolute atomic E-state index is 0.0734. The van der Waals surface area contributed by atoms with E-state index in [9.17, 15) is 4.79 Å². The van der Waals surface area contributed by atoms with E-state index in [0.29, 0.717) is 26.0 Å². The first-order chi connectivity index (χ1) is 14.1. The van der Waals surface area contributed by atoms with E-state index in [1.807, 2.05) is 24.3 Å². The van der Waals surface area contributed by atoms with Gasteiger partial charge in [0.1, 0.15) is 0 Å². The Hall–Kier alpha value is -1.95. The lowest BCUT2D eigenvalue weighted by molar-refractivity contribution is -0.115. The fourth-order valence-corrected chi connectivity index (χ4v) is 5.14. The van der Waals surface area contributed by atoms with Crippen molar-refractivity contribution >= 4 is 63.5 Å². The second-order valence-corrected chi connectivity index (χ2v) is 10.2. The minimum Gasteiger partial charge on any atom is -0.369 e. The maximum Gasteiger partial charge on any atom is 0.264 e. The fraction of sp³-hybridized carbons (Fsp3) is 0.304. The highest BCUT2D eigenvalue weighted by molar-refractivity contribution is 8.18. The lowest BCUT2D eigenvalue weighted by atomic mass is 9.80. The summed E-state index contributed by atoms with van der Waals surface area (Å²) in [5.74, 6) is 0.237. The highest BCUT2D eigenvalue weighted by atomic mass is 35.5. The van der Waals surface area contributed by atoms with Crippen molar-refractivity contribution in [3.63, 3.8) is 0 Å². The van der Waals surface area contributed by atoms with Crippen LogP contribution in [0.15, 0.2) is 46.3 Å². The Labute approximate surface area is 191 Å². The highest BCUT2D eigenvalue weighted by Crippen LogP contribution is 2.45. The van der Waals surface area contributed by atoms with Crippen molar-refractivity contribution in [3.8, 4) is 0 Å². The van der Waals surface area contributed by atoms with Gasteiger partial charge in [-0.25, -0.2) is 4.99 Å². The molecule has 0 spiro atoms. The number of anilines is 1. The van der Waals surface area contributed by atoms with Crippen molar-refractivity contribution in [1.29, 1.82) is 0 Å². The number of hydrogen-bond acceptors (Lipinski definition) is 4. The van der Waals surface area contributed by atoms with E-state index in [2.05, 4.69) is 49.1 Å². The summed E-state index contributed by atoms with van der Waals surface area (Å²) in [6.45, 7) is 6.74. The van der Waals surface area contributed by atoms with Gasteiger partial charge < -0.3 is 10.2 Å². The molecule has 1 fully saturated rings. The quantitative estimate of drug-likeness (QED) is 0.513. The molecule has 2 aromatic carbocycles. The predicted molar refractivity (Wildman–Crippen MR) is 129 cm³/mol. The highest BCUT2D eigenvalue weighted by Gasteiger charge is 2.34. The molecule has 0 saturated carbocycles. The molecule has 1 atom stereocenters. The molecule has 156 valence electrons. The number of nitrogens with one attached hydrogen (secondary N) is 1. The number of aliphatic imine (C=N–C) groups is 1. The Bertz CT molecular complexity index is 1080. The van der Waals surface area contributed by atoms with Crippen molar-refractivity contribution in [2.75, 3.05) is 11.9 Å².